The molecule has 0 spiro atoms. The normalized spacial score (nSPS) is 16.9. The van der Waals surface area contributed by atoms with Gasteiger partial charge in [-0.2, -0.15) is 0 Å². The molecule has 8 nitrogen and oxygen atoms in total. The summed E-state index contributed by atoms with van der Waals surface area (Å²) in [7, 11) is 4.12. The summed E-state index contributed by atoms with van der Waals surface area (Å²) in [6.07, 6.45) is 3.45. The largest absolute Gasteiger partial charge is 0.493 e. The number of aromatic amines is 1. The van der Waals surface area contributed by atoms with Crippen LogP contribution in [0.5, 0.6) is 11.5 Å². The van der Waals surface area contributed by atoms with E-state index in [1.807, 2.05) is 6.07 Å². The maximum Gasteiger partial charge on any atom is 0.329 e. The quantitative estimate of drug-likeness (QED) is 0.630. The van der Waals surface area contributed by atoms with Gasteiger partial charge in [-0.05, 0) is 18.9 Å². The fraction of sp³-hybridized carbons (Fsp3) is 0.391. The first-order chi connectivity index (χ1) is 15.9. The van der Waals surface area contributed by atoms with Crippen molar-refractivity contribution in [2.45, 2.75) is 25.3 Å². The molecule has 5 rings (SSSR count). The summed E-state index contributed by atoms with van der Waals surface area (Å²) in [6, 6.07) is 2.56. The monoisotopic (exact) mass is 458 g/mol. The molecule has 2 aliphatic heterocycles. The number of amides is 2. The first-order valence-corrected chi connectivity index (χ1v) is 10.7. The SMILES string of the molecule is COc1cc(OC)c(F)c(N2Cc3cnc4[nH]c(C5CCOCC5)cc4c3N(C)C2=O)c1F. The summed E-state index contributed by atoms with van der Waals surface area (Å²) in [5, 5.41) is 0.800. The lowest BCUT2D eigenvalue weighted by Gasteiger charge is -2.35. The number of benzene rings is 1. The van der Waals surface area contributed by atoms with E-state index in [0.29, 0.717) is 36.0 Å². The topological polar surface area (TPSA) is 79.9 Å². The van der Waals surface area contributed by atoms with Gasteiger partial charge in [-0.25, -0.2) is 18.6 Å². The number of H-pyrrole nitrogens is 1. The van der Waals surface area contributed by atoms with E-state index >= 15 is 8.78 Å². The van der Waals surface area contributed by atoms with Crippen LogP contribution in [-0.2, 0) is 11.3 Å². The average molecular weight is 458 g/mol. The predicted octanol–water partition coefficient (Wildman–Crippen LogP) is 4.33. The Morgan fingerprint density at radius 3 is 2.39 bits per heavy atom. The van der Waals surface area contributed by atoms with Gasteiger partial charge in [0.2, 0.25) is 0 Å². The molecule has 2 amide bonds. The Bertz CT molecular complexity index is 1210. The number of ether oxygens (including phenoxy) is 3. The highest BCUT2D eigenvalue weighted by Gasteiger charge is 2.36. The number of carbonyl (C=O) groups is 1. The number of hydrogen-bond donors (Lipinski definition) is 1. The molecule has 0 saturated carbocycles. The van der Waals surface area contributed by atoms with Crippen molar-refractivity contribution < 1.29 is 27.8 Å². The Morgan fingerprint density at radius 1 is 1.09 bits per heavy atom. The molecule has 1 aromatic carbocycles. The van der Waals surface area contributed by atoms with Gasteiger partial charge in [-0.1, -0.05) is 0 Å². The van der Waals surface area contributed by atoms with Crippen molar-refractivity contribution in [3.63, 3.8) is 0 Å². The van der Waals surface area contributed by atoms with Crippen molar-refractivity contribution in [2.24, 2.45) is 0 Å². The number of anilines is 2. The third-order valence-corrected chi connectivity index (χ3v) is 6.39. The maximum absolute atomic E-state index is 15.1. The van der Waals surface area contributed by atoms with Crippen LogP contribution < -0.4 is 19.3 Å². The molecule has 2 aromatic heterocycles. The third kappa shape index (κ3) is 3.36. The van der Waals surface area contributed by atoms with Crippen molar-refractivity contribution in [2.75, 3.05) is 44.3 Å². The zero-order valence-electron chi connectivity index (χ0n) is 18.6. The second-order valence-corrected chi connectivity index (χ2v) is 8.19. The Hall–Kier alpha value is -3.40. The van der Waals surface area contributed by atoms with E-state index in [1.165, 1.54) is 19.1 Å². The second-order valence-electron chi connectivity index (χ2n) is 8.19. The van der Waals surface area contributed by atoms with Crippen LogP contribution in [0.2, 0.25) is 0 Å². The molecule has 3 aromatic rings. The van der Waals surface area contributed by atoms with Gasteiger partial charge < -0.3 is 19.2 Å². The molecule has 2 aliphatic rings. The van der Waals surface area contributed by atoms with Crippen molar-refractivity contribution in [1.29, 1.82) is 0 Å². The van der Waals surface area contributed by atoms with Crippen LogP contribution in [0.3, 0.4) is 0 Å². The Morgan fingerprint density at radius 2 is 1.76 bits per heavy atom. The second kappa shape index (κ2) is 8.18. The molecule has 33 heavy (non-hydrogen) atoms. The van der Waals surface area contributed by atoms with E-state index in [2.05, 4.69) is 9.97 Å². The van der Waals surface area contributed by atoms with Crippen LogP contribution >= 0.6 is 0 Å². The summed E-state index contributed by atoms with van der Waals surface area (Å²) < 4.78 is 45.7. The number of methoxy groups -OCH3 is 2. The van der Waals surface area contributed by atoms with Gasteiger partial charge in [0.15, 0.2) is 23.1 Å². The molecule has 0 unspecified atom stereocenters. The van der Waals surface area contributed by atoms with E-state index in [1.54, 1.807) is 13.2 Å². The van der Waals surface area contributed by atoms with E-state index in [4.69, 9.17) is 14.2 Å². The van der Waals surface area contributed by atoms with Crippen LogP contribution in [0.15, 0.2) is 18.3 Å². The lowest BCUT2D eigenvalue weighted by atomic mass is 9.96. The molecule has 10 heteroatoms. The van der Waals surface area contributed by atoms with E-state index in [-0.39, 0.29) is 18.0 Å². The van der Waals surface area contributed by atoms with Crippen LogP contribution in [0, 0.1) is 11.6 Å². The van der Waals surface area contributed by atoms with Crippen molar-refractivity contribution >= 4 is 28.4 Å². The number of aromatic nitrogens is 2. The molecule has 1 fully saturated rings. The number of rotatable bonds is 4. The highest BCUT2D eigenvalue weighted by atomic mass is 19.1. The fourth-order valence-electron chi connectivity index (χ4n) is 4.66. The standard InChI is InChI=1S/C23H24F2N4O4/c1-28-20-13(10-26-22-14(20)8-15(27-22)12-4-6-33-7-5-12)11-29(23(28)30)21-18(24)16(31-2)9-17(32-3)19(21)25/h8-10,12H,4-7,11H2,1-3H3,(H,26,27). The van der Waals surface area contributed by atoms with E-state index < -0.39 is 23.4 Å². The first-order valence-electron chi connectivity index (χ1n) is 10.7. The molecular weight excluding hydrogens is 434 g/mol. The minimum Gasteiger partial charge on any atom is -0.493 e. The zero-order valence-corrected chi connectivity index (χ0v) is 18.6. The lowest BCUT2D eigenvalue weighted by molar-refractivity contribution is 0.0846. The highest BCUT2D eigenvalue weighted by Crippen LogP contribution is 2.42. The Kier molecular flexibility index (Phi) is 5.32. The van der Waals surface area contributed by atoms with Gasteiger partial charge in [-0.3, -0.25) is 9.80 Å². The molecule has 0 atom stereocenters. The number of hydrogen-bond acceptors (Lipinski definition) is 5. The summed E-state index contributed by atoms with van der Waals surface area (Å²) in [4.78, 5) is 23.7. The predicted molar refractivity (Wildman–Crippen MR) is 118 cm³/mol. The summed E-state index contributed by atoms with van der Waals surface area (Å²) in [6.45, 7) is 1.36. The number of pyridine rings is 1. The molecule has 1 saturated heterocycles. The molecule has 0 aliphatic carbocycles. The van der Waals surface area contributed by atoms with Crippen molar-refractivity contribution in [1.82, 2.24) is 9.97 Å². The van der Waals surface area contributed by atoms with Crippen LogP contribution in [0.4, 0.5) is 25.0 Å². The summed E-state index contributed by atoms with van der Waals surface area (Å²) in [5.74, 6) is -2.05. The Balaban J connectivity index is 1.60. The Labute approximate surface area is 189 Å². The molecule has 1 N–H and O–H groups in total. The average Bonchev–Trinajstić information content (AvgIpc) is 3.27. The van der Waals surface area contributed by atoms with Gasteiger partial charge in [0.1, 0.15) is 11.3 Å². The minimum absolute atomic E-state index is 0.0522. The van der Waals surface area contributed by atoms with Gasteiger partial charge in [-0.15, -0.1) is 0 Å². The first kappa shape index (κ1) is 21.4. The fourth-order valence-corrected chi connectivity index (χ4v) is 4.66. The number of nitrogens with zero attached hydrogens (tertiary/aromatic N) is 3. The minimum atomic E-state index is -0.974. The van der Waals surface area contributed by atoms with Gasteiger partial charge in [0.25, 0.3) is 0 Å². The molecule has 174 valence electrons. The van der Waals surface area contributed by atoms with Crippen molar-refractivity contribution in [3.05, 3.63) is 41.2 Å². The number of halogens is 2. The highest BCUT2D eigenvalue weighted by molar-refractivity contribution is 6.11. The number of carbonyl (C=O) groups excluding carboxylic acids is 1. The van der Waals surface area contributed by atoms with Gasteiger partial charge in [0.05, 0.1) is 26.5 Å². The molecule has 4 heterocycles. The molecule has 0 bridgehead atoms. The zero-order chi connectivity index (χ0) is 23.3. The number of urea groups is 1. The van der Waals surface area contributed by atoms with Crippen LogP contribution in [0.1, 0.15) is 30.0 Å². The maximum atomic E-state index is 15.1. The van der Waals surface area contributed by atoms with Gasteiger partial charge >= 0.3 is 6.03 Å². The summed E-state index contributed by atoms with van der Waals surface area (Å²) >= 11 is 0. The van der Waals surface area contributed by atoms with E-state index in [0.717, 1.165) is 34.9 Å². The lowest BCUT2D eigenvalue weighted by Crippen LogP contribution is -2.46. The number of fused-ring (bicyclic) bond motifs is 3. The molecular formula is C23H24F2N4O4. The van der Waals surface area contributed by atoms with Gasteiger partial charge in [0, 0.05) is 55.1 Å². The van der Waals surface area contributed by atoms with Crippen LogP contribution in [-0.4, -0.2) is 50.5 Å². The third-order valence-electron chi connectivity index (χ3n) is 6.39. The van der Waals surface area contributed by atoms with Crippen molar-refractivity contribution in [3.8, 4) is 11.5 Å². The number of nitrogens with one attached hydrogen (secondary N) is 1. The van der Waals surface area contributed by atoms with E-state index in [9.17, 15) is 4.79 Å². The smallest absolute Gasteiger partial charge is 0.329 e. The van der Waals surface area contributed by atoms with Crippen LogP contribution in [0.25, 0.3) is 11.0 Å². The summed E-state index contributed by atoms with van der Waals surface area (Å²) in [5.41, 5.74) is 2.54. The molecule has 0 radical (unpaired) electrons.